The third-order valence-electron chi connectivity index (χ3n) is 9.89. The largest absolute Gasteiger partial charge is 0.456 e. The fourth-order valence-electron chi connectivity index (χ4n) is 7.46. The maximum Gasteiger partial charge on any atom is 0.164 e. The second-order valence-electron chi connectivity index (χ2n) is 12.8. The molecule has 50 heavy (non-hydrogen) atoms. The number of hydrogen-bond acceptors (Lipinski definition) is 5. The Kier molecular flexibility index (Phi) is 5.80. The van der Waals surface area contributed by atoms with Crippen molar-refractivity contribution in [3.8, 4) is 34.2 Å². The summed E-state index contributed by atoms with van der Waals surface area (Å²) in [4.78, 5) is 15.4. The second-order valence-corrected chi connectivity index (χ2v) is 13.9. The first kappa shape index (κ1) is 27.5. The van der Waals surface area contributed by atoms with Crippen LogP contribution >= 0.6 is 11.3 Å². The maximum absolute atomic E-state index is 6.28. The van der Waals surface area contributed by atoms with Crippen LogP contribution in [-0.2, 0) is 0 Å². The molecule has 0 amide bonds. The Morgan fingerprint density at radius 3 is 1.72 bits per heavy atom. The van der Waals surface area contributed by atoms with Crippen molar-refractivity contribution in [3.63, 3.8) is 0 Å². The number of benzene rings is 8. The van der Waals surface area contributed by atoms with Gasteiger partial charge in [0, 0.05) is 47.6 Å². The molecular formula is C45H25N3OS. The highest BCUT2D eigenvalue weighted by Crippen LogP contribution is 2.38. The van der Waals surface area contributed by atoms with Gasteiger partial charge >= 0.3 is 0 Å². The average molecular weight is 656 g/mol. The van der Waals surface area contributed by atoms with E-state index in [0.717, 1.165) is 38.6 Å². The minimum absolute atomic E-state index is 0.604. The summed E-state index contributed by atoms with van der Waals surface area (Å²) in [6, 6.07) is 53.4. The van der Waals surface area contributed by atoms with Crippen molar-refractivity contribution in [2.45, 2.75) is 0 Å². The summed E-state index contributed by atoms with van der Waals surface area (Å²) < 4.78 is 8.75. The molecule has 3 heterocycles. The molecule has 0 bridgehead atoms. The monoisotopic (exact) mass is 655 g/mol. The molecule has 0 saturated carbocycles. The minimum Gasteiger partial charge on any atom is -0.456 e. The SMILES string of the molecule is c1ccc2c(c1)ccc1ccc3ccc(-c4nc(-c5ccc6c(c5)oc5ccccc56)nc(-c5ccc6c(c5)sc5ccccc56)n4)cc3c12. The molecule has 11 rings (SSSR count). The third-order valence-corrected chi connectivity index (χ3v) is 11.0. The Bertz CT molecular complexity index is 3040. The fraction of sp³-hybridized carbons (Fsp3) is 0. The molecule has 0 radical (unpaired) electrons. The van der Waals surface area contributed by atoms with Gasteiger partial charge in [0.05, 0.1) is 0 Å². The van der Waals surface area contributed by atoms with Gasteiger partial charge in [-0.05, 0) is 68.7 Å². The molecule has 5 heteroatoms. The molecule has 11 aromatic rings. The lowest BCUT2D eigenvalue weighted by molar-refractivity contribution is 0.669. The van der Waals surface area contributed by atoms with Crippen LogP contribution in [0, 0.1) is 0 Å². The number of thiophene rings is 1. The van der Waals surface area contributed by atoms with Crippen molar-refractivity contribution in [2.75, 3.05) is 0 Å². The predicted molar refractivity (Wildman–Crippen MR) is 209 cm³/mol. The molecule has 0 N–H and O–H groups in total. The predicted octanol–water partition coefficient (Wildman–Crippen LogP) is 12.6. The molecule has 0 aliphatic rings. The topological polar surface area (TPSA) is 51.8 Å². The van der Waals surface area contributed by atoms with Crippen molar-refractivity contribution in [3.05, 3.63) is 152 Å². The quantitative estimate of drug-likeness (QED) is 0.178. The summed E-state index contributed by atoms with van der Waals surface area (Å²) in [6.45, 7) is 0. The van der Waals surface area contributed by atoms with Crippen molar-refractivity contribution < 1.29 is 4.42 Å². The van der Waals surface area contributed by atoms with E-state index >= 15 is 0 Å². The Labute approximate surface area is 289 Å². The average Bonchev–Trinajstić information content (AvgIpc) is 3.74. The zero-order chi connectivity index (χ0) is 32.8. The Morgan fingerprint density at radius 2 is 0.900 bits per heavy atom. The van der Waals surface area contributed by atoms with Crippen LogP contribution in [0.15, 0.2) is 156 Å². The molecule has 0 saturated heterocycles. The lowest BCUT2D eigenvalue weighted by atomic mass is 9.95. The Hall–Kier alpha value is -6.43. The van der Waals surface area contributed by atoms with E-state index in [2.05, 4.69) is 127 Å². The van der Waals surface area contributed by atoms with Gasteiger partial charge in [0.15, 0.2) is 17.5 Å². The van der Waals surface area contributed by atoms with Crippen LogP contribution in [0.25, 0.3) is 109 Å². The number of aromatic nitrogens is 3. The summed E-state index contributed by atoms with van der Waals surface area (Å²) >= 11 is 1.79. The summed E-state index contributed by atoms with van der Waals surface area (Å²) in [5.74, 6) is 1.87. The van der Waals surface area contributed by atoms with E-state index in [4.69, 9.17) is 19.4 Å². The van der Waals surface area contributed by atoms with Crippen LogP contribution in [0.2, 0.25) is 0 Å². The molecule has 8 aromatic carbocycles. The number of nitrogens with zero attached hydrogens (tertiary/aromatic N) is 3. The zero-order valence-corrected chi connectivity index (χ0v) is 27.4. The number of para-hydroxylation sites is 1. The second kappa shape index (κ2) is 10.5. The molecule has 0 fully saturated rings. The fourth-order valence-corrected chi connectivity index (χ4v) is 8.60. The van der Waals surface area contributed by atoms with E-state index in [9.17, 15) is 0 Å². The zero-order valence-electron chi connectivity index (χ0n) is 26.6. The summed E-state index contributed by atoms with van der Waals surface area (Å²) in [7, 11) is 0. The van der Waals surface area contributed by atoms with E-state index in [1.807, 2.05) is 24.3 Å². The number of hydrogen-bond donors (Lipinski definition) is 0. The van der Waals surface area contributed by atoms with Crippen LogP contribution in [0.5, 0.6) is 0 Å². The van der Waals surface area contributed by atoms with Crippen molar-refractivity contribution in [2.24, 2.45) is 0 Å². The molecule has 232 valence electrons. The van der Waals surface area contributed by atoms with Crippen LogP contribution in [-0.4, -0.2) is 15.0 Å². The summed E-state index contributed by atoms with van der Waals surface area (Å²) in [6.07, 6.45) is 0. The molecule has 0 aliphatic heterocycles. The van der Waals surface area contributed by atoms with Gasteiger partial charge in [-0.3, -0.25) is 0 Å². The van der Waals surface area contributed by atoms with E-state index in [1.54, 1.807) is 11.3 Å². The van der Waals surface area contributed by atoms with E-state index in [1.165, 1.54) is 52.5 Å². The van der Waals surface area contributed by atoms with E-state index in [-0.39, 0.29) is 0 Å². The number of rotatable bonds is 3. The van der Waals surface area contributed by atoms with Gasteiger partial charge in [0.1, 0.15) is 11.2 Å². The highest BCUT2D eigenvalue weighted by Gasteiger charge is 2.17. The van der Waals surface area contributed by atoms with Gasteiger partial charge in [-0.15, -0.1) is 11.3 Å². The first-order valence-electron chi connectivity index (χ1n) is 16.7. The van der Waals surface area contributed by atoms with Crippen LogP contribution in [0.3, 0.4) is 0 Å². The Morgan fingerprint density at radius 1 is 0.360 bits per heavy atom. The standard InChI is InChI=1S/C45H25N3OS/c1-2-8-32-26(7-1)13-16-28-17-14-27-15-18-29(23-37(27)42(28)32)43-46-44(30-19-21-34-33-9-3-5-11-38(33)49-39(34)24-30)48-45(47-43)31-20-22-36-35-10-4-6-12-40(35)50-41(36)25-31/h1-25H. The van der Waals surface area contributed by atoms with Crippen molar-refractivity contribution in [1.29, 1.82) is 0 Å². The van der Waals surface area contributed by atoms with Gasteiger partial charge in [-0.2, -0.15) is 0 Å². The summed E-state index contributed by atoms with van der Waals surface area (Å²) in [5, 5.41) is 11.9. The number of furan rings is 1. The lowest BCUT2D eigenvalue weighted by Gasteiger charge is -2.11. The lowest BCUT2D eigenvalue weighted by Crippen LogP contribution is -2.00. The number of fused-ring (bicyclic) bond motifs is 11. The van der Waals surface area contributed by atoms with Gasteiger partial charge in [0.25, 0.3) is 0 Å². The molecular weight excluding hydrogens is 631 g/mol. The molecule has 0 spiro atoms. The molecule has 0 aliphatic carbocycles. The molecule has 4 nitrogen and oxygen atoms in total. The van der Waals surface area contributed by atoms with Crippen LogP contribution < -0.4 is 0 Å². The minimum atomic E-state index is 0.604. The van der Waals surface area contributed by atoms with Crippen LogP contribution in [0.4, 0.5) is 0 Å². The Balaban J connectivity index is 1.15. The first-order valence-corrected chi connectivity index (χ1v) is 17.5. The van der Waals surface area contributed by atoms with E-state index < -0.39 is 0 Å². The highest BCUT2D eigenvalue weighted by atomic mass is 32.1. The highest BCUT2D eigenvalue weighted by molar-refractivity contribution is 7.25. The normalized spacial score (nSPS) is 12.0. The van der Waals surface area contributed by atoms with Crippen molar-refractivity contribution in [1.82, 2.24) is 15.0 Å². The van der Waals surface area contributed by atoms with Gasteiger partial charge in [-0.25, -0.2) is 15.0 Å². The van der Waals surface area contributed by atoms with E-state index in [0.29, 0.717) is 17.5 Å². The molecule has 0 unspecified atom stereocenters. The van der Waals surface area contributed by atoms with Gasteiger partial charge in [-0.1, -0.05) is 115 Å². The molecule has 3 aromatic heterocycles. The molecule has 0 atom stereocenters. The van der Waals surface area contributed by atoms with Gasteiger partial charge in [0.2, 0.25) is 0 Å². The third kappa shape index (κ3) is 4.20. The smallest absolute Gasteiger partial charge is 0.164 e. The van der Waals surface area contributed by atoms with Crippen LogP contribution in [0.1, 0.15) is 0 Å². The maximum atomic E-state index is 6.28. The van der Waals surface area contributed by atoms with Gasteiger partial charge < -0.3 is 4.42 Å². The first-order chi connectivity index (χ1) is 24.7. The van der Waals surface area contributed by atoms with Crippen molar-refractivity contribution >= 4 is 85.8 Å². The summed E-state index contributed by atoms with van der Waals surface area (Å²) in [5.41, 5.74) is 4.44.